The molecule has 3 rings (SSSR count). The van der Waals surface area contributed by atoms with Gasteiger partial charge in [-0.25, -0.2) is 0 Å². The number of pyridine rings is 1. The lowest BCUT2D eigenvalue weighted by Crippen LogP contribution is -2.17. The molecule has 4 nitrogen and oxygen atoms in total. The van der Waals surface area contributed by atoms with Crippen molar-refractivity contribution in [3.8, 4) is 28.0 Å². The van der Waals surface area contributed by atoms with Gasteiger partial charge < -0.3 is 10.5 Å². The highest BCUT2D eigenvalue weighted by Crippen LogP contribution is 2.35. The summed E-state index contributed by atoms with van der Waals surface area (Å²) >= 11 is 0. The highest BCUT2D eigenvalue weighted by Gasteiger charge is 2.32. The number of primary amides is 1. The molecule has 1 heterocycles. The largest absolute Gasteiger partial charge is 0.573 e. The third kappa shape index (κ3) is 4.00. The van der Waals surface area contributed by atoms with E-state index in [0.29, 0.717) is 22.3 Å². The van der Waals surface area contributed by atoms with Crippen LogP contribution in [0.2, 0.25) is 0 Å². The molecule has 2 aromatic carbocycles. The van der Waals surface area contributed by atoms with E-state index >= 15 is 0 Å². The molecule has 0 atom stereocenters. The van der Waals surface area contributed by atoms with Crippen molar-refractivity contribution in [3.63, 3.8) is 0 Å². The summed E-state index contributed by atoms with van der Waals surface area (Å²) in [6.07, 6.45) is -1.89. The Morgan fingerprint density at radius 1 is 0.923 bits per heavy atom. The number of ether oxygens (including phenoxy) is 1. The van der Waals surface area contributed by atoms with Crippen molar-refractivity contribution in [2.45, 2.75) is 6.36 Å². The molecule has 132 valence electrons. The Hall–Kier alpha value is -3.35. The molecule has 0 radical (unpaired) electrons. The second kappa shape index (κ2) is 6.87. The summed E-state index contributed by atoms with van der Waals surface area (Å²) in [5.41, 5.74) is 7.64. The Morgan fingerprint density at radius 2 is 1.65 bits per heavy atom. The molecular weight excluding hydrogens is 345 g/mol. The number of nitrogens with two attached hydrogens (primary N) is 1. The minimum Gasteiger partial charge on any atom is -0.405 e. The molecule has 26 heavy (non-hydrogen) atoms. The van der Waals surface area contributed by atoms with Gasteiger partial charge in [0.1, 0.15) is 5.75 Å². The first kappa shape index (κ1) is 17.5. The number of aromatic nitrogens is 1. The fourth-order valence-electron chi connectivity index (χ4n) is 2.52. The maximum absolute atomic E-state index is 12.6. The molecule has 1 amide bonds. The summed E-state index contributed by atoms with van der Waals surface area (Å²) in [4.78, 5) is 15.3. The Balaban J connectivity index is 2.04. The first-order valence-corrected chi connectivity index (χ1v) is 7.54. The van der Waals surface area contributed by atoms with Gasteiger partial charge in [-0.15, -0.1) is 13.2 Å². The van der Waals surface area contributed by atoms with Crippen LogP contribution in [0.1, 0.15) is 10.4 Å². The Bertz CT molecular complexity index is 955. The average Bonchev–Trinajstić information content (AvgIpc) is 2.61. The predicted molar refractivity (Wildman–Crippen MR) is 90.3 cm³/mol. The summed E-state index contributed by atoms with van der Waals surface area (Å²) in [7, 11) is 0. The number of hydrogen-bond acceptors (Lipinski definition) is 3. The zero-order chi connectivity index (χ0) is 18.7. The number of para-hydroxylation sites is 1. The van der Waals surface area contributed by atoms with E-state index in [1.165, 1.54) is 24.4 Å². The monoisotopic (exact) mass is 358 g/mol. The zero-order valence-electron chi connectivity index (χ0n) is 13.3. The lowest BCUT2D eigenvalue weighted by atomic mass is 9.98. The van der Waals surface area contributed by atoms with Crippen LogP contribution in [0.25, 0.3) is 22.3 Å². The number of carbonyl (C=O) groups is 1. The van der Waals surface area contributed by atoms with Crippen LogP contribution in [0.3, 0.4) is 0 Å². The second-order valence-electron chi connectivity index (χ2n) is 5.45. The van der Waals surface area contributed by atoms with Gasteiger partial charge in [-0.1, -0.05) is 36.4 Å². The molecule has 1 aromatic heterocycles. The van der Waals surface area contributed by atoms with Crippen LogP contribution >= 0.6 is 0 Å². The molecular formula is C19H13F3N2O2. The number of amides is 1. The summed E-state index contributed by atoms with van der Waals surface area (Å²) in [5.74, 6) is -0.902. The van der Waals surface area contributed by atoms with E-state index < -0.39 is 12.3 Å². The van der Waals surface area contributed by atoms with Crippen molar-refractivity contribution in [2.75, 3.05) is 0 Å². The molecule has 2 N–H and O–H groups in total. The summed E-state index contributed by atoms with van der Waals surface area (Å²) in [6.45, 7) is 0. The standard InChI is InChI=1S/C19H13F3N2O2/c20-19(21,22)26-17-7-2-1-6-16(17)13-5-3-4-12(8-13)14-9-15(18(23)25)11-24-10-14/h1-11H,(H2,23,25). The van der Waals surface area contributed by atoms with E-state index in [9.17, 15) is 18.0 Å². The minimum atomic E-state index is -4.78. The van der Waals surface area contributed by atoms with E-state index in [2.05, 4.69) is 9.72 Å². The van der Waals surface area contributed by atoms with Crippen LogP contribution in [0.4, 0.5) is 13.2 Å². The molecule has 3 aromatic rings. The van der Waals surface area contributed by atoms with Gasteiger partial charge in [0.2, 0.25) is 5.91 Å². The normalized spacial score (nSPS) is 11.2. The maximum atomic E-state index is 12.6. The lowest BCUT2D eigenvalue weighted by Gasteiger charge is -2.14. The molecule has 0 saturated carbocycles. The van der Waals surface area contributed by atoms with Gasteiger partial charge in [-0.05, 0) is 29.3 Å². The first-order chi connectivity index (χ1) is 12.3. The molecule has 0 unspecified atom stereocenters. The summed E-state index contributed by atoms with van der Waals surface area (Å²) in [6, 6.07) is 14.3. The van der Waals surface area contributed by atoms with Crippen LogP contribution in [0, 0.1) is 0 Å². The Kier molecular flexibility index (Phi) is 4.62. The first-order valence-electron chi connectivity index (χ1n) is 7.54. The minimum absolute atomic E-state index is 0.244. The van der Waals surface area contributed by atoms with Crippen molar-refractivity contribution in [1.29, 1.82) is 0 Å². The number of alkyl halides is 3. The molecule has 0 bridgehead atoms. The van der Waals surface area contributed by atoms with Crippen molar-refractivity contribution in [1.82, 2.24) is 4.98 Å². The highest BCUT2D eigenvalue weighted by atomic mass is 19.4. The van der Waals surface area contributed by atoms with Gasteiger partial charge in [0, 0.05) is 23.5 Å². The highest BCUT2D eigenvalue weighted by molar-refractivity contribution is 5.93. The van der Waals surface area contributed by atoms with Gasteiger partial charge in [0.15, 0.2) is 0 Å². The smallest absolute Gasteiger partial charge is 0.405 e. The van der Waals surface area contributed by atoms with Crippen LogP contribution in [-0.4, -0.2) is 17.3 Å². The fourth-order valence-corrected chi connectivity index (χ4v) is 2.52. The number of carbonyl (C=O) groups excluding carboxylic acids is 1. The Morgan fingerprint density at radius 3 is 2.38 bits per heavy atom. The van der Waals surface area contributed by atoms with Crippen LogP contribution in [-0.2, 0) is 0 Å². The quantitative estimate of drug-likeness (QED) is 0.751. The number of benzene rings is 2. The van der Waals surface area contributed by atoms with Crippen molar-refractivity contribution in [2.24, 2.45) is 5.73 Å². The molecule has 0 aliphatic carbocycles. The van der Waals surface area contributed by atoms with Crippen molar-refractivity contribution >= 4 is 5.91 Å². The molecule has 0 saturated heterocycles. The third-order valence-corrected chi connectivity index (χ3v) is 3.64. The molecule has 0 aliphatic heterocycles. The summed E-state index contributed by atoms with van der Waals surface area (Å²) < 4.78 is 42.0. The van der Waals surface area contributed by atoms with Gasteiger partial charge in [0.25, 0.3) is 0 Å². The lowest BCUT2D eigenvalue weighted by molar-refractivity contribution is -0.274. The van der Waals surface area contributed by atoms with Crippen molar-refractivity contribution < 1.29 is 22.7 Å². The third-order valence-electron chi connectivity index (χ3n) is 3.64. The van der Waals surface area contributed by atoms with E-state index in [4.69, 9.17) is 5.73 Å². The molecule has 0 fully saturated rings. The van der Waals surface area contributed by atoms with Gasteiger partial charge in [-0.2, -0.15) is 0 Å². The number of halogens is 3. The van der Waals surface area contributed by atoms with E-state index in [0.717, 1.165) is 0 Å². The maximum Gasteiger partial charge on any atom is 0.573 e. The van der Waals surface area contributed by atoms with Crippen LogP contribution < -0.4 is 10.5 Å². The van der Waals surface area contributed by atoms with E-state index in [1.54, 1.807) is 42.6 Å². The fraction of sp³-hybridized carbons (Fsp3) is 0.0526. The number of nitrogens with zero attached hydrogens (tertiary/aromatic N) is 1. The van der Waals surface area contributed by atoms with Gasteiger partial charge in [-0.3, -0.25) is 9.78 Å². The SMILES string of the molecule is NC(=O)c1cncc(-c2cccc(-c3ccccc3OC(F)(F)F)c2)c1. The van der Waals surface area contributed by atoms with Crippen LogP contribution in [0.5, 0.6) is 5.75 Å². The van der Waals surface area contributed by atoms with Crippen LogP contribution in [0.15, 0.2) is 67.0 Å². The Labute approximate surface area is 147 Å². The second-order valence-corrected chi connectivity index (χ2v) is 5.45. The van der Waals surface area contributed by atoms with Gasteiger partial charge >= 0.3 is 6.36 Å². The zero-order valence-corrected chi connectivity index (χ0v) is 13.3. The molecule has 7 heteroatoms. The molecule has 0 spiro atoms. The van der Waals surface area contributed by atoms with Crippen molar-refractivity contribution in [3.05, 3.63) is 72.6 Å². The molecule has 0 aliphatic rings. The summed E-state index contributed by atoms with van der Waals surface area (Å²) in [5, 5.41) is 0. The number of hydrogen-bond donors (Lipinski definition) is 1. The topological polar surface area (TPSA) is 65.2 Å². The number of rotatable bonds is 4. The van der Waals surface area contributed by atoms with E-state index in [-0.39, 0.29) is 11.3 Å². The van der Waals surface area contributed by atoms with Gasteiger partial charge in [0.05, 0.1) is 5.56 Å². The predicted octanol–water partition coefficient (Wildman–Crippen LogP) is 4.41. The average molecular weight is 358 g/mol. The van der Waals surface area contributed by atoms with E-state index in [1.807, 2.05) is 0 Å².